The van der Waals surface area contributed by atoms with Crippen molar-refractivity contribution >= 4 is 22.3 Å². The van der Waals surface area contributed by atoms with Crippen molar-refractivity contribution in [2.24, 2.45) is 0 Å². The quantitative estimate of drug-likeness (QED) is 0.350. The van der Waals surface area contributed by atoms with Crippen LogP contribution in [0.2, 0.25) is 0 Å². The highest BCUT2D eigenvalue weighted by atomic mass is 19.1. The molecule has 5 nitrogen and oxygen atoms in total. The van der Waals surface area contributed by atoms with Crippen molar-refractivity contribution in [3.8, 4) is 34.1 Å². The molecule has 0 fully saturated rings. The number of fused-ring (bicyclic) bond motifs is 1. The zero-order chi connectivity index (χ0) is 22.1. The maximum Gasteiger partial charge on any atom is 0.335 e. The number of benzene rings is 4. The molecule has 0 heterocycles. The summed E-state index contributed by atoms with van der Waals surface area (Å²) >= 11 is 0. The van der Waals surface area contributed by atoms with E-state index in [1.165, 1.54) is 18.2 Å². The maximum atomic E-state index is 14.0. The van der Waals surface area contributed by atoms with Crippen molar-refractivity contribution in [3.63, 3.8) is 0 Å². The van der Waals surface area contributed by atoms with E-state index in [9.17, 15) is 19.4 Å². The summed E-state index contributed by atoms with van der Waals surface area (Å²) in [6.45, 7) is 3.54. The minimum Gasteiger partial charge on any atom is -0.508 e. The Hall–Kier alpha value is -4.32. The van der Waals surface area contributed by atoms with E-state index in [0.29, 0.717) is 39.0 Å². The molecule has 0 bridgehead atoms. The molecular weight excluding hydrogens is 399 g/mol. The number of phenolic OH excluding ortho intramolecular Hbond substituents is 2. The molecule has 31 heavy (non-hydrogen) atoms. The number of rotatable bonds is 5. The molecule has 0 amide bonds. The van der Waals surface area contributed by atoms with Gasteiger partial charge < -0.3 is 20.1 Å². The number of aliphatic carboxylic acids is 1. The lowest BCUT2D eigenvalue weighted by Crippen LogP contribution is -1.97. The molecule has 4 rings (SSSR count). The van der Waals surface area contributed by atoms with Gasteiger partial charge in [0.1, 0.15) is 17.2 Å². The molecule has 0 aliphatic rings. The van der Waals surface area contributed by atoms with Crippen LogP contribution >= 0.6 is 0 Å². The van der Waals surface area contributed by atoms with Crippen LogP contribution < -0.4 is 4.74 Å². The lowest BCUT2D eigenvalue weighted by Gasteiger charge is -2.15. The van der Waals surface area contributed by atoms with E-state index in [-0.39, 0.29) is 11.3 Å². The summed E-state index contributed by atoms with van der Waals surface area (Å²) in [5.74, 6) is -1.37. The van der Waals surface area contributed by atoms with Gasteiger partial charge in [-0.2, -0.15) is 0 Å². The van der Waals surface area contributed by atoms with E-state index in [1.807, 2.05) is 0 Å². The summed E-state index contributed by atoms with van der Waals surface area (Å²) in [5.41, 5.74) is 1.49. The Kier molecular flexibility index (Phi) is 5.05. The van der Waals surface area contributed by atoms with Crippen LogP contribution in [0.1, 0.15) is 5.56 Å². The molecule has 0 aliphatic heterocycles. The average Bonchev–Trinajstić information content (AvgIpc) is 2.75. The summed E-state index contributed by atoms with van der Waals surface area (Å²) < 4.78 is 20.1. The summed E-state index contributed by atoms with van der Waals surface area (Å²) in [6.07, 6.45) is 0. The maximum absolute atomic E-state index is 14.0. The molecule has 0 aromatic heterocycles. The summed E-state index contributed by atoms with van der Waals surface area (Å²) in [6, 6.07) is 18.8. The van der Waals surface area contributed by atoms with Gasteiger partial charge in [0.2, 0.25) is 0 Å². The van der Waals surface area contributed by atoms with Crippen molar-refractivity contribution in [2.45, 2.75) is 0 Å². The number of phenols is 2. The molecule has 6 heteroatoms. The molecule has 0 spiro atoms. The second-order valence-electron chi connectivity index (χ2n) is 6.92. The molecule has 3 N–H and O–H groups in total. The monoisotopic (exact) mass is 416 g/mol. The minimum absolute atomic E-state index is 0.0348. The van der Waals surface area contributed by atoms with Crippen molar-refractivity contribution in [1.82, 2.24) is 0 Å². The van der Waals surface area contributed by atoms with Crippen LogP contribution in [0, 0.1) is 5.82 Å². The van der Waals surface area contributed by atoms with Crippen molar-refractivity contribution < 1.29 is 29.2 Å². The lowest BCUT2D eigenvalue weighted by atomic mass is 9.99. The van der Waals surface area contributed by atoms with E-state index in [0.717, 1.165) is 0 Å². The number of halogens is 1. The number of hydrogen-bond acceptors (Lipinski definition) is 4. The van der Waals surface area contributed by atoms with E-state index >= 15 is 0 Å². The molecule has 4 aromatic rings. The standard InChI is InChI=1S/C25H17FO5/c1-14(25(29)30)15-2-7-19(8-3-15)31-24-20(17-5-11-23(28)22(26)13-17)9-4-16-12-18(27)6-10-21(16)24/h2-13,27-28H,1H2,(H,29,30). The number of carboxylic acid groups (broad SMARTS) is 1. The number of ether oxygens (including phenoxy) is 1. The molecule has 0 aliphatic carbocycles. The van der Waals surface area contributed by atoms with Gasteiger partial charge in [-0.1, -0.05) is 30.8 Å². The van der Waals surface area contributed by atoms with Crippen LogP contribution in [0.3, 0.4) is 0 Å². The third-order valence-electron chi connectivity index (χ3n) is 4.89. The van der Waals surface area contributed by atoms with Gasteiger partial charge in [0.05, 0.1) is 5.57 Å². The number of aromatic hydroxyl groups is 2. The Morgan fingerprint density at radius 1 is 0.903 bits per heavy atom. The topological polar surface area (TPSA) is 87.0 Å². The van der Waals surface area contributed by atoms with Gasteiger partial charge in [-0.3, -0.25) is 0 Å². The Bertz CT molecular complexity index is 1330. The van der Waals surface area contributed by atoms with Crippen molar-refractivity contribution in [1.29, 1.82) is 0 Å². The molecular formula is C25H17FO5. The normalized spacial score (nSPS) is 10.7. The fourth-order valence-corrected chi connectivity index (χ4v) is 3.27. The molecule has 0 unspecified atom stereocenters. The Morgan fingerprint density at radius 2 is 1.65 bits per heavy atom. The Morgan fingerprint density at radius 3 is 2.32 bits per heavy atom. The zero-order valence-electron chi connectivity index (χ0n) is 16.2. The molecule has 4 aromatic carbocycles. The number of carbonyl (C=O) groups is 1. The van der Waals surface area contributed by atoms with Crippen LogP contribution in [0.5, 0.6) is 23.0 Å². The third-order valence-corrected chi connectivity index (χ3v) is 4.89. The first kappa shape index (κ1) is 20.0. The van der Waals surface area contributed by atoms with Gasteiger partial charge in [-0.15, -0.1) is 0 Å². The first-order valence-electron chi connectivity index (χ1n) is 9.28. The van der Waals surface area contributed by atoms with Gasteiger partial charge in [-0.25, -0.2) is 9.18 Å². The van der Waals surface area contributed by atoms with Crippen LogP contribution in [0.15, 0.2) is 79.4 Å². The summed E-state index contributed by atoms with van der Waals surface area (Å²) in [7, 11) is 0. The number of hydrogen-bond donors (Lipinski definition) is 3. The van der Waals surface area contributed by atoms with Crippen LogP contribution in [0.25, 0.3) is 27.5 Å². The fourth-order valence-electron chi connectivity index (χ4n) is 3.27. The van der Waals surface area contributed by atoms with E-state index in [2.05, 4.69) is 6.58 Å². The second kappa shape index (κ2) is 7.84. The van der Waals surface area contributed by atoms with Crippen molar-refractivity contribution in [3.05, 3.63) is 90.8 Å². The average molecular weight is 416 g/mol. The Balaban J connectivity index is 1.83. The zero-order valence-corrected chi connectivity index (χ0v) is 16.2. The van der Waals surface area contributed by atoms with E-state index in [1.54, 1.807) is 54.6 Å². The highest BCUT2D eigenvalue weighted by Gasteiger charge is 2.15. The summed E-state index contributed by atoms with van der Waals surface area (Å²) in [4.78, 5) is 11.1. The predicted molar refractivity (Wildman–Crippen MR) is 116 cm³/mol. The minimum atomic E-state index is -1.11. The highest BCUT2D eigenvalue weighted by molar-refractivity contribution is 6.14. The third kappa shape index (κ3) is 3.91. The first-order valence-corrected chi connectivity index (χ1v) is 9.28. The molecule has 154 valence electrons. The first-order chi connectivity index (χ1) is 14.8. The molecule has 0 atom stereocenters. The lowest BCUT2D eigenvalue weighted by molar-refractivity contribution is -0.130. The predicted octanol–water partition coefficient (Wildman–Crippen LogP) is 5.95. The van der Waals surface area contributed by atoms with Crippen LogP contribution in [-0.4, -0.2) is 21.3 Å². The van der Waals surface area contributed by atoms with Gasteiger partial charge in [-0.05, 0) is 65.0 Å². The van der Waals surface area contributed by atoms with Gasteiger partial charge >= 0.3 is 5.97 Å². The second-order valence-corrected chi connectivity index (χ2v) is 6.92. The van der Waals surface area contributed by atoms with E-state index in [4.69, 9.17) is 9.84 Å². The van der Waals surface area contributed by atoms with E-state index < -0.39 is 17.5 Å². The molecule has 0 saturated carbocycles. The van der Waals surface area contributed by atoms with Gasteiger partial charge in [0, 0.05) is 10.9 Å². The van der Waals surface area contributed by atoms with Crippen LogP contribution in [-0.2, 0) is 4.79 Å². The highest BCUT2D eigenvalue weighted by Crippen LogP contribution is 2.41. The van der Waals surface area contributed by atoms with Crippen molar-refractivity contribution in [2.75, 3.05) is 0 Å². The van der Waals surface area contributed by atoms with Crippen LogP contribution in [0.4, 0.5) is 4.39 Å². The largest absolute Gasteiger partial charge is 0.508 e. The molecule has 0 radical (unpaired) electrons. The fraction of sp³-hybridized carbons (Fsp3) is 0. The SMILES string of the molecule is C=C(C(=O)O)c1ccc(Oc2c(-c3ccc(O)c(F)c3)ccc3cc(O)ccc23)cc1. The Labute approximate surface area is 176 Å². The van der Waals surface area contributed by atoms with Gasteiger partial charge in [0.15, 0.2) is 11.6 Å². The molecule has 0 saturated heterocycles. The smallest absolute Gasteiger partial charge is 0.335 e. The number of carboxylic acids is 1. The summed E-state index contributed by atoms with van der Waals surface area (Å²) in [5, 5.41) is 29.8. The van der Waals surface area contributed by atoms with Gasteiger partial charge in [0.25, 0.3) is 0 Å².